The van der Waals surface area contributed by atoms with Crippen molar-refractivity contribution >= 4 is 11.3 Å². The number of ether oxygens (including phenoxy) is 2. The second kappa shape index (κ2) is 7.76. The zero-order chi connectivity index (χ0) is 11.8. The summed E-state index contributed by atoms with van der Waals surface area (Å²) in [7, 11) is 3.30. The third-order valence-corrected chi connectivity index (χ3v) is 3.24. The Labute approximate surface area is 100 Å². The van der Waals surface area contributed by atoms with Gasteiger partial charge in [-0.1, -0.05) is 6.07 Å². The Bertz CT molecular complexity index is 266. The molecule has 0 aliphatic carbocycles. The van der Waals surface area contributed by atoms with Crippen molar-refractivity contribution in [2.75, 3.05) is 33.9 Å². The van der Waals surface area contributed by atoms with E-state index in [9.17, 15) is 5.11 Å². The van der Waals surface area contributed by atoms with Crippen LogP contribution in [0, 0.1) is 0 Å². The SMILES string of the molecule is COCC(CNCC(O)c1cccs1)OC. The van der Waals surface area contributed by atoms with E-state index < -0.39 is 6.10 Å². The minimum absolute atomic E-state index is 0.0283. The maximum atomic E-state index is 9.80. The van der Waals surface area contributed by atoms with Crippen molar-refractivity contribution in [3.8, 4) is 0 Å². The van der Waals surface area contributed by atoms with Gasteiger partial charge < -0.3 is 19.9 Å². The molecule has 1 heterocycles. The summed E-state index contributed by atoms with van der Waals surface area (Å²) < 4.78 is 10.2. The Kier molecular flexibility index (Phi) is 6.59. The van der Waals surface area contributed by atoms with Gasteiger partial charge in [-0.05, 0) is 11.4 Å². The third kappa shape index (κ3) is 4.59. The van der Waals surface area contributed by atoms with E-state index in [-0.39, 0.29) is 6.10 Å². The molecule has 0 fully saturated rings. The highest BCUT2D eigenvalue weighted by molar-refractivity contribution is 7.10. The minimum atomic E-state index is -0.444. The lowest BCUT2D eigenvalue weighted by atomic mass is 10.3. The molecule has 1 aromatic rings. The molecule has 0 bridgehead atoms. The Morgan fingerprint density at radius 1 is 1.44 bits per heavy atom. The second-order valence-electron chi connectivity index (χ2n) is 3.50. The van der Waals surface area contributed by atoms with Crippen LogP contribution in [0.15, 0.2) is 17.5 Å². The normalized spacial score (nSPS) is 14.9. The van der Waals surface area contributed by atoms with Gasteiger partial charge in [-0.3, -0.25) is 0 Å². The average molecular weight is 245 g/mol. The summed E-state index contributed by atoms with van der Waals surface area (Å²) in [5.41, 5.74) is 0. The highest BCUT2D eigenvalue weighted by Crippen LogP contribution is 2.17. The lowest BCUT2D eigenvalue weighted by Gasteiger charge is -2.16. The summed E-state index contributed by atoms with van der Waals surface area (Å²) >= 11 is 1.56. The number of hydrogen-bond acceptors (Lipinski definition) is 5. The minimum Gasteiger partial charge on any atom is -0.386 e. The van der Waals surface area contributed by atoms with Crippen LogP contribution in [0.1, 0.15) is 11.0 Å². The van der Waals surface area contributed by atoms with E-state index in [0.717, 1.165) is 4.88 Å². The van der Waals surface area contributed by atoms with Gasteiger partial charge >= 0.3 is 0 Å². The van der Waals surface area contributed by atoms with Crippen LogP contribution < -0.4 is 5.32 Å². The topological polar surface area (TPSA) is 50.7 Å². The van der Waals surface area contributed by atoms with E-state index in [1.807, 2.05) is 17.5 Å². The summed E-state index contributed by atoms with van der Waals surface area (Å²) in [5.74, 6) is 0. The molecular formula is C11H19NO3S. The second-order valence-corrected chi connectivity index (χ2v) is 4.48. The molecule has 92 valence electrons. The molecule has 4 nitrogen and oxygen atoms in total. The third-order valence-electron chi connectivity index (χ3n) is 2.27. The molecule has 0 spiro atoms. The molecule has 0 aromatic carbocycles. The van der Waals surface area contributed by atoms with Crippen molar-refractivity contribution in [2.45, 2.75) is 12.2 Å². The standard InChI is InChI=1S/C11H19NO3S/c1-14-8-9(15-2)6-12-7-10(13)11-4-3-5-16-11/h3-5,9-10,12-13H,6-8H2,1-2H3. The first-order chi connectivity index (χ1) is 7.77. The average Bonchev–Trinajstić information content (AvgIpc) is 2.81. The molecule has 0 aliphatic heterocycles. The molecular weight excluding hydrogens is 226 g/mol. The Morgan fingerprint density at radius 2 is 2.25 bits per heavy atom. The zero-order valence-electron chi connectivity index (χ0n) is 9.68. The number of aliphatic hydroxyl groups excluding tert-OH is 1. The van der Waals surface area contributed by atoms with Gasteiger partial charge in [-0.15, -0.1) is 11.3 Å². The van der Waals surface area contributed by atoms with Gasteiger partial charge in [0.2, 0.25) is 0 Å². The number of hydrogen-bond donors (Lipinski definition) is 2. The summed E-state index contributed by atoms with van der Waals surface area (Å²) in [6, 6.07) is 3.87. The number of aliphatic hydroxyl groups is 1. The van der Waals surface area contributed by atoms with Gasteiger partial charge in [-0.2, -0.15) is 0 Å². The Morgan fingerprint density at radius 3 is 2.81 bits per heavy atom. The Hall–Kier alpha value is -0.460. The van der Waals surface area contributed by atoms with Crippen LogP contribution in [0.2, 0.25) is 0 Å². The largest absolute Gasteiger partial charge is 0.386 e. The van der Waals surface area contributed by atoms with Gasteiger partial charge in [0.25, 0.3) is 0 Å². The van der Waals surface area contributed by atoms with Crippen molar-refractivity contribution in [1.82, 2.24) is 5.32 Å². The van der Waals surface area contributed by atoms with Gasteiger partial charge in [0.05, 0.1) is 12.7 Å². The van der Waals surface area contributed by atoms with E-state index in [2.05, 4.69) is 5.32 Å². The van der Waals surface area contributed by atoms with Gasteiger partial charge in [-0.25, -0.2) is 0 Å². The molecule has 2 N–H and O–H groups in total. The zero-order valence-corrected chi connectivity index (χ0v) is 10.5. The molecule has 1 rings (SSSR count). The molecule has 0 saturated carbocycles. The van der Waals surface area contributed by atoms with Gasteiger partial charge in [0.15, 0.2) is 0 Å². The van der Waals surface area contributed by atoms with E-state index in [1.165, 1.54) is 0 Å². The van der Waals surface area contributed by atoms with E-state index in [1.54, 1.807) is 25.6 Å². The number of rotatable bonds is 8. The van der Waals surface area contributed by atoms with E-state index in [0.29, 0.717) is 19.7 Å². The predicted octanol–water partition coefficient (Wildman–Crippen LogP) is 1.03. The van der Waals surface area contributed by atoms with Gasteiger partial charge in [0.1, 0.15) is 6.10 Å². The van der Waals surface area contributed by atoms with E-state index >= 15 is 0 Å². The van der Waals surface area contributed by atoms with Crippen molar-refractivity contribution in [3.63, 3.8) is 0 Å². The highest BCUT2D eigenvalue weighted by atomic mass is 32.1. The summed E-state index contributed by atoms with van der Waals surface area (Å²) in [6.07, 6.45) is -0.416. The molecule has 5 heteroatoms. The van der Waals surface area contributed by atoms with Crippen LogP contribution >= 0.6 is 11.3 Å². The molecule has 16 heavy (non-hydrogen) atoms. The van der Waals surface area contributed by atoms with Gasteiger partial charge in [0, 0.05) is 32.2 Å². The molecule has 1 aromatic heterocycles. The fraction of sp³-hybridized carbons (Fsp3) is 0.636. The smallest absolute Gasteiger partial charge is 0.101 e. The first kappa shape index (κ1) is 13.6. The van der Waals surface area contributed by atoms with Crippen molar-refractivity contribution < 1.29 is 14.6 Å². The molecule has 0 aliphatic rings. The molecule has 2 unspecified atom stereocenters. The monoisotopic (exact) mass is 245 g/mol. The summed E-state index contributed by atoms with van der Waals surface area (Å²) in [5, 5.41) is 14.9. The van der Waals surface area contributed by atoms with Crippen molar-refractivity contribution in [3.05, 3.63) is 22.4 Å². The first-order valence-corrected chi connectivity index (χ1v) is 6.09. The molecule has 0 saturated heterocycles. The van der Waals surface area contributed by atoms with Crippen LogP contribution in [-0.2, 0) is 9.47 Å². The van der Waals surface area contributed by atoms with Crippen LogP contribution in [0.4, 0.5) is 0 Å². The maximum absolute atomic E-state index is 9.80. The van der Waals surface area contributed by atoms with Crippen LogP contribution in [0.25, 0.3) is 0 Å². The predicted molar refractivity (Wildman–Crippen MR) is 64.8 cm³/mol. The summed E-state index contributed by atoms with van der Waals surface area (Å²) in [6.45, 7) is 1.76. The van der Waals surface area contributed by atoms with Crippen LogP contribution in [0.3, 0.4) is 0 Å². The quantitative estimate of drug-likeness (QED) is 0.718. The lowest BCUT2D eigenvalue weighted by molar-refractivity contribution is 0.0271. The maximum Gasteiger partial charge on any atom is 0.101 e. The van der Waals surface area contributed by atoms with E-state index in [4.69, 9.17) is 9.47 Å². The Balaban J connectivity index is 2.19. The first-order valence-electron chi connectivity index (χ1n) is 5.21. The molecule has 2 atom stereocenters. The van der Waals surface area contributed by atoms with Crippen LogP contribution in [0.5, 0.6) is 0 Å². The fourth-order valence-corrected chi connectivity index (χ4v) is 2.07. The number of nitrogens with one attached hydrogen (secondary N) is 1. The summed E-state index contributed by atoms with van der Waals surface area (Å²) in [4.78, 5) is 0.980. The highest BCUT2D eigenvalue weighted by Gasteiger charge is 2.10. The van der Waals surface area contributed by atoms with Crippen molar-refractivity contribution in [1.29, 1.82) is 0 Å². The molecule has 0 amide bonds. The van der Waals surface area contributed by atoms with Crippen LogP contribution in [-0.4, -0.2) is 45.1 Å². The molecule has 0 radical (unpaired) electrons. The number of methoxy groups -OCH3 is 2. The fourth-order valence-electron chi connectivity index (χ4n) is 1.36. The number of thiophene rings is 1. The van der Waals surface area contributed by atoms with Crippen molar-refractivity contribution in [2.24, 2.45) is 0 Å². The lowest BCUT2D eigenvalue weighted by Crippen LogP contribution is -2.34.